The standard InChI is InChI=1S/C31H34N3O/c1-5-34(6-2)24-15-11-22(12-16-24)13-19-28-31(3,21-25-17-20-29(32)35-25)30-26-10-8-7-9-23(26)14-18-27(30)33(28)4/h7-20H,5-6,21,32H2,1-4H3/q+1. The molecule has 0 bridgehead atoms. The summed E-state index contributed by atoms with van der Waals surface area (Å²) < 4.78 is 8.19. The predicted octanol–water partition coefficient (Wildman–Crippen LogP) is 6.80. The highest BCUT2D eigenvalue weighted by molar-refractivity contribution is 6.09. The average molecular weight is 465 g/mol. The Hall–Kier alpha value is -3.79. The summed E-state index contributed by atoms with van der Waals surface area (Å²) in [6.07, 6.45) is 5.23. The Labute approximate surface area is 208 Å². The maximum Gasteiger partial charge on any atom is 0.210 e. The fraction of sp³-hybridized carbons (Fsp3) is 0.258. The smallest absolute Gasteiger partial charge is 0.210 e. The summed E-state index contributed by atoms with van der Waals surface area (Å²) in [6.45, 7) is 8.73. The van der Waals surface area contributed by atoms with Gasteiger partial charge in [0, 0.05) is 49.0 Å². The first-order valence-corrected chi connectivity index (χ1v) is 12.4. The van der Waals surface area contributed by atoms with Crippen molar-refractivity contribution in [3.8, 4) is 0 Å². The third kappa shape index (κ3) is 4.03. The molecule has 35 heavy (non-hydrogen) atoms. The van der Waals surface area contributed by atoms with Crippen LogP contribution in [0.5, 0.6) is 0 Å². The Morgan fingerprint density at radius 3 is 2.34 bits per heavy atom. The Morgan fingerprint density at radius 2 is 1.66 bits per heavy atom. The van der Waals surface area contributed by atoms with E-state index in [9.17, 15) is 0 Å². The fourth-order valence-corrected chi connectivity index (χ4v) is 5.62. The third-order valence-corrected chi connectivity index (χ3v) is 7.41. The summed E-state index contributed by atoms with van der Waals surface area (Å²) in [7, 11) is 2.17. The number of fused-ring (bicyclic) bond motifs is 3. The zero-order chi connectivity index (χ0) is 24.6. The maximum absolute atomic E-state index is 5.93. The van der Waals surface area contributed by atoms with Crippen LogP contribution in [0.1, 0.15) is 37.7 Å². The molecule has 0 spiro atoms. The molecule has 178 valence electrons. The van der Waals surface area contributed by atoms with E-state index in [-0.39, 0.29) is 5.41 Å². The van der Waals surface area contributed by atoms with E-state index in [1.165, 1.54) is 39.0 Å². The van der Waals surface area contributed by atoms with Gasteiger partial charge in [-0.05, 0) is 67.4 Å². The van der Waals surface area contributed by atoms with Crippen LogP contribution in [0.3, 0.4) is 0 Å². The summed E-state index contributed by atoms with van der Waals surface area (Å²) >= 11 is 0. The van der Waals surface area contributed by atoms with Gasteiger partial charge in [-0.1, -0.05) is 36.4 Å². The van der Waals surface area contributed by atoms with Gasteiger partial charge in [-0.2, -0.15) is 4.58 Å². The fourth-order valence-electron chi connectivity index (χ4n) is 5.62. The van der Waals surface area contributed by atoms with Crippen LogP contribution in [0.2, 0.25) is 0 Å². The number of nitrogens with two attached hydrogens (primary N) is 1. The molecule has 1 aromatic heterocycles. The third-order valence-electron chi connectivity index (χ3n) is 7.41. The molecule has 0 fully saturated rings. The quantitative estimate of drug-likeness (QED) is 0.306. The van der Waals surface area contributed by atoms with E-state index >= 15 is 0 Å². The van der Waals surface area contributed by atoms with E-state index in [1.807, 2.05) is 12.1 Å². The number of hydrogen-bond acceptors (Lipinski definition) is 3. The van der Waals surface area contributed by atoms with Crippen molar-refractivity contribution < 1.29 is 8.99 Å². The minimum Gasteiger partial charge on any atom is -0.446 e. The number of rotatable bonds is 7. The SMILES string of the molecule is CCN(CC)c1ccc(/C=C/C2=[N+](C)c3ccc4ccccc4c3C2(C)Cc2ccc(N)o2)cc1. The van der Waals surface area contributed by atoms with Gasteiger partial charge < -0.3 is 15.1 Å². The molecule has 4 heteroatoms. The second-order valence-electron chi connectivity index (χ2n) is 9.54. The Morgan fingerprint density at radius 1 is 0.914 bits per heavy atom. The molecule has 1 atom stereocenters. The van der Waals surface area contributed by atoms with Gasteiger partial charge >= 0.3 is 0 Å². The molecular formula is C31H34N3O+. The van der Waals surface area contributed by atoms with E-state index in [4.69, 9.17) is 10.2 Å². The molecule has 0 radical (unpaired) electrons. The lowest BCUT2D eigenvalue weighted by Gasteiger charge is -2.23. The van der Waals surface area contributed by atoms with Crippen LogP contribution in [0.15, 0.2) is 83.3 Å². The second-order valence-corrected chi connectivity index (χ2v) is 9.54. The Kier molecular flexibility index (Phi) is 5.98. The van der Waals surface area contributed by atoms with E-state index in [2.05, 4.69) is 110 Å². The van der Waals surface area contributed by atoms with Crippen LogP contribution in [0.25, 0.3) is 16.8 Å². The monoisotopic (exact) mass is 464 g/mol. The maximum atomic E-state index is 5.93. The zero-order valence-electron chi connectivity index (χ0n) is 21.1. The van der Waals surface area contributed by atoms with Gasteiger partial charge in [0.25, 0.3) is 0 Å². The molecule has 1 aliphatic heterocycles. The molecule has 4 nitrogen and oxygen atoms in total. The number of furan rings is 1. The molecule has 1 aliphatic rings. The number of allylic oxidation sites excluding steroid dienone is 1. The molecule has 0 saturated heterocycles. The van der Waals surface area contributed by atoms with Crippen LogP contribution < -0.4 is 10.6 Å². The topological polar surface area (TPSA) is 45.4 Å². The molecule has 3 aromatic carbocycles. The van der Waals surface area contributed by atoms with Crippen molar-refractivity contribution in [1.82, 2.24) is 0 Å². The largest absolute Gasteiger partial charge is 0.446 e. The first-order chi connectivity index (χ1) is 16.9. The van der Waals surface area contributed by atoms with Crippen LogP contribution in [-0.2, 0) is 11.8 Å². The number of hydrogen-bond donors (Lipinski definition) is 1. The minimum atomic E-state index is -0.271. The van der Waals surface area contributed by atoms with Crippen LogP contribution in [-0.4, -0.2) is 30.4 Å². The molecule has 0 saturated carbocycles. The van der Waals surface area contributed by atoms with E-state index in [0.717, 1.165) is 25.3 Å². The molecule has 0 amide bonds. The Balaban J connectivity index is 1.58. The van der Waals surface area contributed by atoms with E-state index in [0.29, 0.717) is 5.88 Å². The zero-order valence-corrected chi connectivity index (χ0v) is 21.1. The molecule has 4 aromatic rings. The number of anilines is 2. The lowest BCUT2D eigenvalue weighted by molar-refractivity contribution is -0.401. The van der Waals surface area contributed by atoms with Gasteiger partial charge in [-0.3, -0.25) is 0 Å². The lowest BCUT2D eigenvalue weighted by atomic mass is 9.74. The van der Waals surface area contributed by atoms with Crippen molar-refractivity contribution in [2.24, 2.45) is 0 Å². The molecule has 1 unspecified atom stereocenters. The Bertz CT molecular complexity index is 1420. The highest BCUT2D eigenvalue weighted by Gasteiger charge is 2.48. The second kappa shape index (κ2) is 9.10. The van der Waals surface area contributed by atoms with Crippen molar-refractivity contribution in [1.29, 1.82) is 0 Å². The van der Waals surface area contributed by atoms with Gasteiger partial charge in [-0.25, -0.2) is 0 Å². The van der Waals surface area contributed by atoms with Crippen molar-refractivity contribution in [3.05, 3.63) is 95.8 Å². The summed E-state index contributed by atoms with van der Waals surface area (Å²) in [5.74, 6) is 1.35. The highest BCUT2D eigenvalue weighted by Crippen LogP contribution is 2.46. The first-order valence-electron chi connectivity index (χ1n) is 12.4. The summed E-state index contributed by atoms with van der Waals surface area (Å²) in [4.78, 5) is 2.36. The number of benzene rings is 3. The molecule has 0 aliphatic carbocycles. The van der Waals surface area contributed by atoms with Crippen molar-refractivity contribution in [2.75, 3.05) is 30.8 Å². The summed E-state index contributed by atoms with van der Waals surface area (Å²) in [5, 5.41) is 2.54. The van der Waals surface area contributed by atoms with Crippen LogP contribution in [0, 0.1) is 0 Å². The first kappa shape index (κ1) is 23.0. The molecular weight excluding hydrogens is 430 g/mol. The van der Waals surface area contributed by atoms with Gasteiger partial charge in [0.05, 0.1) is 5.41 Å². The number of nitrogens with zero attached hydrogens (tertiary/aromatic N) is 2. The molecule has 2 N–H and O–H groups in total. The van der Waals surface area contributed by atoms with Crippen molar-refractivity contribution in [3.63, 3.8) is 0 Å². The van der Waals surface area contributed by atoms with E-state index < -0.39 is 0 Å². The highest BCUT2D eigenvalue weighted by atomic mass is 16.3. The molecule has 2 heterocycles. The summed E-state index contributed by atoms with van der Waals surface area (Å²) in [6, 6.07) is 25.8. The van der Waals surface area contributed by atoms with E-state index in [1.54, 1.807) is 0 Å². The summed E-state index contributed by atoms with van der Waals surface area (Å²) in [5.41, 5.74) is 11.9. The average Bonchev–Trinajstić information content (AvgIpc) is 3.37. The lowest BCUT2D eigenvalue weighted by Crippen LogP contribution is -2.33. The van der Waals surface area contributed by atoms with Gasteiger partial charge in [-0.15, -0.1) is 0 Å². The normalized spacial score (nSPS) is 17.5. The molecule has 5 rings (SSSR count). The minimum absolute atomic E-state index is 0.271. The van der Waals surface area contributed by atoms with Crippen molar-refractivity contribution >= 4 is 39.8 Å². The van der Waals surface area contributed by atoms with Gasteiger partial charge in [0.15, 0.2) is 11.6 Å². The van der Waals surface area contributed by atoms with Crippen molar-refractivity contribution in [2.45, 2.75) is 32.6 Å². The van der Waals surface area contributed by atoms with Gasteiger partial charge in [0.1, 0.15) is 12.8 Å². The van der Waals surface area contributed by atoms with Crippen LogP contribution >= 0.6 is 0 Å². The predicted molar refractivity (Wildman–Crippen MR) is 148 cm³/mol. The van der Waals surface area contributed by atoms with Gasteiger partial charge in [0.2, 0.25) is 5.69 Å². The van der Waals surface area contributed by atoms with Crippen LogP contribution in [0.4, 0.5) is 17.3 Å². The number of nitrogen functional groups attached to an aromatic ring is 1.